The first-order chi connectivity index (χ1) is 13.3. The van der Waals surface area contributed by atoms with Gasteiger partial charge in [-0.3, -0.25) is 14.7 Å². The normalized spacial score (nSPS) is 13.6. The summed E-state index contributed by atoms with van der Waals surface area (Å²) in [6, 6.07) is 7.51. The van der Waals surface area contributed by atoms with E-state index in [0.717, 1.165) is 10.9 Å². The molecule has 148 valence electrons. The Hall–Kier alpha value is -2.48. The van der Waals surface area contributed by atoms with Gasteiger partial charge in [0.15, 0.2) is 0 Å². The summed E-state index contributed by atoms with van der Waals surface area (Å²) in [6.45, 7) is 6.31. The van der Waals surface area contributed by atoms with E-state index in [0.29, 0.717) is 28.3 Å². The number of ether oxygens (including phenoxy) is 1. The smallest absolute Gasteiger partial charge is 0.260 e. The van der Waals surface area contributed by atoms with Crippen molar-refractivity contribution in [1.29, 1.82) is 0 Å². The third-order valence-electron chi connectivity index (χ3n) is 4.78. The molecule has 3 rings (SSSR count). The molecule has 0 saturated carbocycles. The molecule has 7 nitrogen and oxygen atoms in total. The Morgan fingerprint density at radius 1 is 1.29 bits per heavy atom. The van der Waals surface area contributed by atoms with Gasteiger partial charge in [0, 0.05) is 47.4 Å². The van der Waals surface area contributed by atoms with Gasteiger partial charge in [-0.1, -0.05) is 23.7 Å². The Morgan fingerprint density at radius 3 is 2.68 bits per heavy atom. The second-order valence-electron chi connectivity index (χ2n) is 6.62. The van der Waals surface area contributed by atoms with Crippen molar-refractivity contribution in [3.05, 3.63) is 51.4 Å². The first kappa shape index (κ1) is 20.3. The number of rotatable bonds is 6. The van der Waals surface area contributed by atoms with Crippen LogP contribution in [0.5, 0.6) is 0 Å². The summed E-state index contributed by atoms with van der Waals surface area (Å²) in [7, 11) is 1.65. The van der Waals surface area contributed by atoms with Gasteiger partial charge in [0.05, 0.1) is 0 Å². The Morgan fingerprint density at radius 2 is 2.04 bits per heavy atom. The third kappa shape index (κ3) is 3.87. The van der Waals surface area contributed by atoms with Crippen molar-refractivity contribution in [1.82, 2.24) is 19.9 Å². The number of halogens is 1. The molecule has 0 aliphatic carbocycles. The van der Waals surface area contributed by atoms with Gasteiger partial charge in [0.25, 0.3) is 5.56 Å². The van der Waals surface area contributed by atoms with Crippen LogP contribution in [0.15, 0.2) is 35.3 Å². The largest absolute Gasteiger partial charge is 0.368 e. The van der Waals surface area contributed by atoms with Gasteiger partial charge in [-0.05, 0) is 38.5 Å². The summed E-state index contributed by atoms with van der Waals surface area (Å²) in [5.74, 6) is 0.135. The van der Waals surface area contributed by atoms with E-state index in [1.54, 1.807) is 23.9 Å². The molecular weight excluding hydrogens is 378 g/mol. The monoisotopic (exact) mass is 401 g/mol. The molecule has 2 atom stereocenters. The summed E-state index contributed by atoms with van der Waals surface area (Å²) in [4.78, 5) is 21.3. The maximum absolute atomic E-state index is 13.1. The summed E-state index contributed by atoms with van der Waals surface area (Å²) < 4.78 is 6.83. The van der Waals surface area contributed by atoms with Crippen molar-refractivity contribution in [3.63, 3.8) is 0 Å². The minimum Gasteiger partial charge on any atom is -0.368 e. The van der Waals surface area contributed by atoms with Gasteiger partial charge >= 0.3 is 0 Å². The quantitative estimate of drug-likeness (QED) is 0.615. The Kier molecular flexibility index (Phi) is 5.98. The Bertz CT molecular complexity index is 1070. The van der Waals surface area contributed by atoms with Crippen molar-refractivity contribution in [3.8, 4) is 11.1 Å². The van der Waals surface area contributed by atoms with E-state index in [1.807, 2.05) is 39.0 Å². The third-order valence-corrected chi connectivity index (χ3v) is 5.10. The summed E-state index contributed by atoms with van der Waals surface area (Å²) in [5, 5.41) is 4.55. The lowest BCUT2D eigenvalue weighted by Gasteiger charge is -2.20. The fraction of sp³-hybridized carbons (Fsp3) is 0.350. The van der Waals surface area contributed by atoms with Crippen LogP contribution in [0.4, 0.5) is 5.95 Å². The number of aromatic nitrogens is 3. The number of benzene rings is 1. The number of nitrogens with zero attached hydrogens (tertiary/aromatic N) is 3. The maximum Gasteiger partial charge on any atom is 0.260 e. The van der Waals surface area contributed by atoms with E-state index < -0.39 is 0 Å². The highest BCUT2D eigenvalue weighted by Gasteiger charge is 2.16. The number of hydrogen-bond donors (Lipinski definition) is 2. The van der Waals surface area contributed by atoms with Gasteiger partial charge in [0.1, 0.15) is 11.9 Å². The Balaban J connectivity index is 2.09. The molecule has 28 heavy (non-hydrogen) atoms. The molecular formula is C20H24ClN5O2. The molecule has 0 amide bonds. The average Bonchev–Trinajstić information content (AvgIpc) is 2.67. The minimum atomic E-state index is -0.165. The molecule has 8 heteroatoms. The fourth-order valence-electron chi connectivity index (χ4n) is 3.19. The molecule has 1 aromatic carbocycles. The lowest BCUT2D eigenvalue weighted by molar-refractivity contribution is 0.0802. The predicted octanol–water partition coefficient (Wildman–Crippen LogP) is 3.36. The molecule has 0 aliphatic heterocycles. The second kappa shape index (κ2) is 8.26. The van der Waals surface area contributed by atoms with Gasteiger partial charge in [-0.25, -0.2) is 4.98 Å². The number of aryl methyl sites for hydroxylation is 1. The number of anilines is 1. The van der Waals surface area contributed by atoms with Crippen LogP contribution in [0, 0.1) is 0 Å². The lowest BCUT2D eigenvalue weighted by atomic mass is 10.0. The molecule has 0 fully saturated rings. The van der Waals surface area contributed by atoms with Crippen molar-refractivity contribution < 1.29 is 4.74 Å². The highest BCUT2D eigenvalue weighted by atomic mass is 35.5. The van der Waals surface area contributed by atoms with Crippen LogP contribution >= 0.6 is 11.6 Å². The second-order valence-corrected chi connectivity index (χ2v) is 7.03. The van der Waals surface area contributed by atoms with E-state index in [4.69, 9.17) is 22.1 Å². The standard InChI is InChI=1S/C20H24ClN5O2/c1-5-26-18-14(10-23-20(22)25-18)8-16(19(26)27)15-7-6-13(9-17(15)21)11(2)24-12(3)28-4/h6-12,24H,5H2,1-4H3,(H2,22,23,25). The number of fused-ring (bicyclic) bond motifs is 1. The molecule has 3 N–H and O–H groups in total. The molecule has 0 saturated heterocycles. The topological polar surface area (TPSA) is 95.1 Å². The predicted molar refractivity (Wildman–Crippen MR) is 112 cm³/mol. The van der Waals surface area contributed by atoms with E-state index >= 15 is 0 Å². The summed E-state index contributed by atoms with van der Waals surface area (Å²) in [6.07, 6.45) is 1.53. The van der Waals surface area contributed by atoms with E-state index in [9.17, 15) is 4.79 Å². The first-order valence-electron chi connectivity index (χ1n) is 9.10. The molecule has 0 aliphatic rings. The number of methoxy groups -OCH3 is 1. The van der Waals surface area contributed by atoms with Crippen LogP contribution in [0.3, 0.4) is 0 Å². The van der Waals surface area contributed by atoms with Crippen LogP contribution in [-0.4, -0.2) is 27.9 Å². The summed E-state index contributed by atoms with van der Waals surface area (Å²) in [5.41, 5.74) is 8.22. The van der Waals surface area contributed by atoms with Crippen LogP contribution < -0.4 is 16.6 Å². The number of nitrogens with two attached hydrogens (primary N) is 1. The van der Waals surface area contributed by atoms with E-state index in [2.05, 4.69) is 15.3 Å². The molecule has 2 aromatic heterocycles. The molecule has 0 spiro atoms. The highest BCUT2D eigenvalue weighted by molar-refractivity contribution is 6.33. The fourth-order valence-corrected chi connectivity index (χ4v) is 3.48. The van der Waals surface area contributed by atoms with Gasteiger partial charge < -0.3 is 10.5 Å². The first-order valence-corrected chi connectivity index (χ1v) is 9.48. The van der Waals surface area contributed by atoms with Crippen molar-refractivity contribution in [2.45, 2.75) is 39.6 Å². The van der Waals surface area contributed by atoms with E-state index in [1.165, 1.54) is 0 Å². The lowest BCUT2D eigenvalue weighted by Crippen LogP contribution is -2.30. The molecule has 2 unspecified atom stereocenters. The van der Waals surface area contributed by atoms with Crippen molar-refractivity contribution in [2.24, 2.45) is 0 Å². The number of nitrogen functional groups attached to an aromatic ring is 1. The number of nitrogens with one attached hydrogen (secondary N) is 1. The van der Waals surface area contributed by atoms with E-state index in [-0.39, 0.29) is 23.8 Å². The number of pyridine rings is 1. The zero-order valence-corrected chi connectivity index (χ0v) is 17.1. The zero-order chi connectivity index (χ0) is 20.4. The van der Waals surface area contributed by atoms with Crippen LogP contribution in [-0.2, 0) is 11.3 Å². The average molecular weight is 402 g/mol. The van der Waals surface area contributed by atoms with Crippen LogP contribution in [0.2, 0.25) is 5.02 Å². The van der Waals surface area contributed by atoms with Gasteiger partial charge in [-0.15, -0.1) is 0 Å². The minimum absolute atomic E-state index is 0.0433. The number of hydrogen-bond acceptors (Lipinski definition) is 6. The van der Waals surface area contributed by atoms with Crippen LogP contribution in [0.1, 0.15) is 32.4 Å². The maximum atomic E-state index is 13.1. The Labute approximate surface area is 168 Å². The zero-order valence-electron chi connectivity index (χ0n) is 16.4. The van der Waals surface area contributed by atoms with Crippen LogP contribution in [0.25, 0.3) is 22.2 Å². The summed E-state index contributed by atoms with van der Waals surface area (Å²) >= 11 is 6.56. The van der Waals surface area contributed by atoms with Crippen molar-refractivity contribution >= 4 is 28.6 Å². The molecule has 2 heterocycles. The van der Waals surface area contributed by atoms with Gasteiger partial charge in [0.2, 0.25) is 5.95 Å². The SMILES string of the molecule is CCn1c(=O)c(-c2ccc(C(C)NC(C)OC)cc2Cl)cc2cnc(N)nc21. The van der Waals surface area contributed by atoms with Gasteiger partial charge in [-0.2, -0.15) is 4.98 Å². The molecule has 0 bridgehead atoms. The highest BCUT2D eigenvalue weighted by Crippen LogP contribution is 2.30. The van der Waals surface area contributed by atoms with Crippen molar-refractivity contribution in [2.75, 3.05) is 12.8 Å². The molecule has 3 aromatic rings. The molecule has 0 radical (unpaired) electrons.